The summed E-state index contributed by atoms with van der Waals surface area (Å²) in [6.45, 7) is 5.90. The van der Waals surface area contributed by atoms with Crippen LogP contribution < -0.4 is 0 Å². The van der Waals surface area contributed by atoms with Gasteiger partial charge in [0.25, 0.3) is 0 Å². The van der Waals surface area contributed by atoms with Crippen molar-refractivity contribution in [3.05, 3.63) is 0 Å². The summed E-state index contributed by atoms with van der Waals surface area (Å²) in [6, 6.07) is 0. The molecule has 6 heteroatoms. The van der Waals surface area contributed by atoms with Crippen molar-refractivity contribution in [2.24, 2.45) is 0 Å². The first-order valence-corrected chi connectivity index (χ1v) is 6.97. The van der Waals surface area contributed by atoms with Gasteiger partial charge in [-0.05, 0) is 13.3 Å². The van der Waals surface area contributed by atoms with Gasteiger partial charge in [-0.25, -0.2) is 13.6 Å². The average Bonchev–Trinajstić information content (AvgIpc) is 2.56. The Hall–Kier alpha value is 0.0700. The van der Waals surface area contributed by atoms with Gasteiger partial charge in [-0.15, -0.1) is 0 Å². The van der Waals surface area contributed by atoms with Crippen LogP contribution in [0.5, 0.6) is 0 Å². The van der Waals surface area contributed by atoms with Crippen molar-refractivity contribution in [2.75, 3.05) is 13.1 Å². The summed E-state index contributed by atoms with van der Waals surface area (Å²) in [7, 11) is -3.16. The number of nitrogens with zero attached hydrogens (tertiary/aromatic N) is 1. The molecule has 4 heterocycles. The largest absolute Gasteiger partial charge is 0.482 e. The molecule has 0 aromatic heterocycles. The van der Waals surface area contributed by atoms with E-state index in [1.165, 1.54) is 0 Å². The molecule has 0 N–H and O–H groups in total. The highest BCUT2D eigenvalue weighted by Crippen LogP contribution is 2.80. The Morgan fingerprint density at radius 3 is 2.80 bits per heavy atom. The maximum absolute atomic E-state index is 11.6. The molecular weight excluding hydrogens is 217 g/mol. The van der Waals surface area contributed by atoms with E-state index in [1.54, 1.807) is 0 Å². The maximum Gasteiger partial charge on any atom is 0.482 e. The highest BCUT2D eigenvalue weighted by molar-refractivity contribution is 7.50. The van der Waals surface area contributed by atoms with Crippen LogP contribution in [0.4, 0.5) is 0 Å². The molecule has 2 bridgehead atoms. The molecule has 4 fully saturated rings. The molecular formula is C9H16NO4P. The van der Waals surface area contributed by atoms with E-state index in [0.717, 1.165) is 32.4 Å². The number of phosphoric acid groups is 1. The van der Waals surface area contributed by atoms with Crippen LogP contribution in [-0.2, 0) is 18.1 Å². The van der Waals surface area contributed by atoms with Crippen LogP contribution in [-0.4, -0.2) is 29.5 Å². The predicted molar refractivity (Wildman–Crippen MR) is 53.1 cm³/mol. The Labute approximate surface area is 89.3 Å². The summed E-state index contributed by atoms with van der Waals surface area (Å²) in [5.74, 6) is -0.740. The highest BCUT2D eigenvalue weighted by Gasteiger charge is 2.81. The number of rotatable bonds is 3. The molecule has 1 atom stereocenters. The van der Waals surface area contributed by atoms with Crippen LogP contribution in [0.15, 0.2) is 0 Å². The SMILES string of the molecule is CCCCN1CCC23OP(=O)(O2)OC13C. The van der Waals surface area contributed by atoms with Gasteiger partial charge in [0, 0.05) is 19.5 Å². The van der Waals surface area contributed by atoms with Gasteiger partial charge in [-0.2, -0.15) is 0 Å². The lowest BCUT2D eigenvalue weighted by Crippen LogP contribution is -2.54. The van der Waals surface area contributed by atoms with E-state index in [-0.39, 0.29) is 0 Å². The third-order valence-corrected chi connectivity index (χ3v) is 5.23. The summed E-state index contributed by atoms with van der Waals surface area (Å²) in [4.78, 5) is 2.18. The Morgan fingerprint density at radius 2 is 2.13 bits per heavy atom. The number of hydrogen-bond acceptors (Lipinski definition) is 5. The number of likely N-dealkylation sites (tertiary alicyclic amines) is 1. The molecule has 15 heavy (non-hydrogen) atoms. The fourth-order valence-electron chi connectivity index (χ4n) is 2.65. The zero-order chi connectivity index (χ0) is 10.7. The molecule has 86 valence electrons. The molecule has 1 spiro atoms. The van der Waals surface area contributed by atoms with Gasteiger partial charge in [-0.1, -0.05) is 13.3 Å². The topological polar surface area (TPSA) is 48.0 Å². The van der Waals surface area contributed by atoms with E-state index >= 15 is 0 Å². The van der Waals surface area contributed by atoms with Crippen LogP contribution in [0.25, 0.3) is 0 Å². The minimum absolute atomic E-state index is 0.627. The lowest BCUT2D eigenvalue weighted by molar-refractivity contribution is -0.215. The van der Waals surface area contributed by atoms with Gasteiger partial charge >= 0.3 is 7.82 Å². The second-order valence-electron chi connectivity index (χ2n) is 4.55. The molecule has 0 aromatic carbocycles. The minimum Gasteiger partial charge on any atom is -0.271 e. The lowest BCUT2D eigenvalue weighted by atomic mass is 10.1. The average molecular weight is 233 g/mol. The van der Waals surface area contributed by atoms with Gasteiger partial charge in [0.15, 0.2) is 5.72 Å². The molecule has 4 aliphatic heterocycles. The first-order valence-electron chi connectivity index (χ1n) is 5.51. The molecule has 1 unspecified atom stereocenters. The second kappa shape index (κ2) is 2.84. The lowest BCUT2D eigenvalue weighted by Gasteiger charge is -2.36. The van der Waals surface area contributed by atoms with Crippen molar-refractivity contribution in [2.45, 2.75) is 44.6 Å². The van der Waals surface area contributed by atoms with E-state index in [9.17, 15) is 4.57 Å². The Balaban J connectivity index is 1.83. The molecule has 5 nitrogen and oxygen atoms in total. The van der Waals surface area contributed by atoms with Gasteiger partial charge in [0.2, 0.25) is 5.79 Å². The second-order valence-corrected chi connectivity index (χ2v) is 5.99. The summed E-state index contributed by atoms with van der Waals surface area (Å²) in [6.07, 6.45) is 3.00. The summed E-state index contributed by atoms with van der Waals surface area (Å²) >= 11 is 0. The molecule has 4 saturated heterocycles. The fraction of sp³-hybridized carbons (Fsp3) is 1.00. The fourth-order valence-corrected chi connectivity index (χ4v) is 4.68. The van der Waals surface area contributed by atoms with Crippen molar-refractivity contribution in [3.8, 4) is 0 Å². The van der Waals surface area contributed by atoms with Crippen LogP contribution in [0.3, 0.4) is 0 Å². The maximum atomic E-state index is 11.6. The van der Waals surface area contributed by atoms with Gasteiger partial charge in [0.05, 0.1) is 0 Å². The number of unbranched alkanes of at least 4 members (excludes halogenated alkanes) is 1. The van der Waals surface area contributed by atoms with E-state index in [2.05, 4.69) is 11.8 Å². The minimum atomic E-state index is -3.16. The first kappa shape index (κ1) is 10.2. The van der Waals surface area contributed by atoms with E-state index in [1.807, 2.05) is 6.92 Å². The first-order chi connectivity index (χ1) is 7.04. The van der Waals surface area contributed by atoms with Crippen molar-refractivity contribution >= 4 is 7.82 Å². The molecule has 4 aliphatic rings. The summed E-state index contributed by atoms with van der Waals surface area (Å²) < 4.78 is 27.8. The zero-order valence-corrected chi connectivity index (χ0v) is 9.96. The van der Waals surface area contributed by atoms with E-state index in [0.29, 0.717) is 0 Å². The molecule has 0 saturated carbocycles. The van der Waals surface area contributed by atoms with E-state index in [4.69, 9.17) is 13.6 Å². The molecule has 0 aliphatic carbocycles. The molecule has 4 rings (SSSR count). The van der Waals surface area contributed by atoms with Crippen LogP contribution >= 0.6 is 7.82 Å². The Bertz CT molecular complexity index is 337. The van der Waals surface area contributed by atoms with Gasteiger partial charge in [-0.3, -0.25) is 9.42 Å². The highest BCUT2D eigenvalue weighted by atomic mass is 31.2. The molecule has 0 amide bonds. The van der Waals surface area contributed by atoms with Crippen molar-refractivity contribution in [1.29, 1.82) is 0 Å². The Kier molecular flexibility index (Phi) is 1.94. The van der Waals surface area contributed by atoms with Crippen LogP contribution in [0.1, 0.15) is 33.1 Å². The standard InChI is InChI=1S/C9H16NO4P/c1-3-4-6-10-7-5-9-8(10,2)12-15(11,13-9)14-9/h3-7H2,1-2H3. The van der Waals surface area contributed by atoms with Crippen molar-refractivity contribution in [3.63, 3.8) is 0 Å². The molecule has 0 aromatic rings. The Morgan fingerprint density at radius 1 is 1.40 bits per heavy atom. The van der Waals surface area contributed by atoms with E-state index < -0.39 is 19.3 Å². The molecule has 0 radical (unpaired) electrons. The smallest absolute Gasteiger partial charge is 0.271 e. The summed E-state index contributed by atoms with van der Waals surface area (Å²) in [5.41, 5.74) is -0.627. The zero-order valence-electron chi connectivity index (χ0n) is 9.06. The number of hydrogen-bond donors (Lipinski definition) is 0. The van der Waals surface area contributed by atoms with Crippen LogP contribution in [0, 0.1) is 0 Å². The monoisotopic (exact) mass is 233 g/mol. The third kappa shape index (κ3) is 1.10. The normalized spacial score (nSPS) is 52.9. The quantitative estimate of drug-likeness (QED) is 0.698. The number of phosphoric ester groups is 1. The van der Waals surface area contributed by atoms with Gasteiger partial charge in [0.1, 0.15) is 0 Å². The van der Waals surface area contributed by atoms with Gasteiger partial charge < -0.3 is 0 Å². The van der Waals surface area contributed by atoms with Crippen molar-refractivity contribution in [1.82, 2.24) is 4.90 Å². The predicted octanol–water partition coefficient (Wildman–Crippen LogP) is 2.09. The summed E-state index contributed by atoms with van der Waals surface area (Å²) in [5, 5.41) is 0. The third-order valence-electron chi connectivity index (χ3n) is 3.61. The van der Waals surface area contributed by atoms with Crippen LogP contribution in [0.2, 0.25) is 0 Å². The van der Waals surface area contributed by atoms with Crippen molar-refractivity contribution < 1.29 is 18.1 Å².